The van der Waals surface area contributed by atoms with Gasteiger partial charge in [-0.15, -0.1) is 0 Å². The van der Waals surface area contributed by atoms with Crippen LogP contribution in [0.5, 0.6) is 0 Å². The third-order valence-electron chi connectivity index (χ3n) is 4.44. The number of Topliss-reactive ketones (excluding diaryl/α,β-unsaturated/α-hetero) is 1. The second kappa shape index (κ2) is 7.91. The zero-order valence-corrected chi connectivity index (χ0v) is 15.6. The smallest absolute Gasteiger partial charge is 0.288 e. The van der Waals surface area contributed by atoms with Crippen LogP contribution in [0.25, 0.3) is 0 Å². The molecule has 1 atom stereocenters. The SMILES string of the molecule is Cc1ccc(C(=O)[C@H](NC(=O)c2ccco2)Nc2ccc(C)c(C)c2)cc1. The molecule has 1 amide bonds. The van der Waals surface area contributed by atoms with Gasteiger partial charge >= 0.3 is 0 Å². The third-order valence-corrected chi connectivity index (χ3v) is 4.44. The maximum atomic E-state index is 13.0. The van der Waals surface area contributed by atoms with E-state index in [1.54, 1.807) is 24.3 Å². The van der Waals surface area contributed by atoms with Crippen molar-refractivity contribution in [1.29, 1.82) is 0 Å². The van der Waals surface area contributed by atoms with Crippen molar-refractivity contribution in [3.05, 3.63) is 88.9 Å². The first-order valence-corrected chi connectivity index (χ1v) is 8.73. The zero-order chi connectivity index (χ0) is 19.4. The van der Waals surface area contributed by atoms with Gasteiger partial charge in [0.15, 0.2) is 11.9 Å². The highest BCUT2D eigenvalue weighted by molar-refractivity contribution is 6.04. The molecule has 3 aromatic rings. The van der Waals surface area contributed by atoms with E-state index in [9.17, 15) is 9.59 Å². The molecule has 0 saturated carbocycles. The molecule has 1 heterocycles. The van der Waals surface area contributed by atoms with Crippen molar-refractivity contribution in [2.75, 3.05) is 5.32 Å². The lowest BCUT2D eigenvalue weighted by molar-refractivity contribution is 0.0853. The molecule has 0 unspecified atom stereocenters. The lowest BCUT2D eigenvalue weighted by atomic mass is 10.1. The molecule has 2 aromatic carbocycles. The highest BCUT2D eigenvalue weighted by Gasteiger charge is 2.24. The van der Waals surface area contributed by atoms with Crippen LogP contribution in [0.3, 0.4) is 0 Å². The van der Waals surface area contributed by atoms with E-state index in [-0.39, 0.29) is 11.5 Å². The molecule has 0 aliphatic carbocycles. The minimum atomic E-state index is -0.924. The first-order chi connectivity index (χ1) is 12.9. The summed E-state index contributed by atoms with van der Waals surface area (Å²) in [4.78, 5) is 25.4. The molecule has 0 fully saturated rings. The van der Waals surface area contributed by atoms with E-state index in [4.69, 9.17) is 4.42 Å². The normalized spacial score (nSPS) is 11.7. The summed E-state index contributed by atoms with van der Waals surface area (Å²) in [6, 6.07) is 16.2. The van der Waals surface area contributed by atoms with Gasteiger partial charge in [-0.1, -0.05) is 35.9 Å². The summed E-state index contributed by atoms with van der Waals surface area (Å²) in [6.45, 7) is 5.98. The molecule has 2 N–H and O–H groups in total. The second-order valence-electron chi connectivity index (χ2n) is 6.56. The minimum absolute atomic E-state index is 0.151. The van der Waals surface area contributed by atoms with Crippen LogP contribution in [0, 0.1) is 20.8 Å². The number of nitrogens with one attached hydrogen (secondary N) is 2. The number of rotatable bonds is 6. The predicted molar refractivity (Wildman–Crippen MR) is 105 cm³/mol. The van der Waals surface area contributed by atoms with Crippen molar-refractivity contribution in [3.8, 4) is 0 Å². The summed E-state index contributed by atoms with van der Waals surface area (Å²) < 4.78 is 5.13. The maximum absolute atomic E-state index is 13.0. The van der Waals surface area contributed by atoms with Crippen molar-refractivity contribution < 1.29 is 14.0 Å². The molecule has 5 heteroatoms. The Kier molecular flexibility index (Phi) is 5.41. The topological polar surface area (TPSA) is 71.3 Å². The molecule has 0 aliphatic heterocycles. The number of amides is 1. The van der Waals surface area contributed by atoms with Crippen LogP contribution >= 0.6 is 0 Å². The molecule has 138 valence electrons. The molecule has 27 heavy (non-hydrogen) atoms. The fraction of sp³-hybridized carbons (Fsp3) is 0.182. The number of hydrogen-bond acceptors (Lipinski definition) is 4. The van der Waals surface area contributed by atoms with Crippen LogP contribution in [0.4, 0.5) is 5.69 Å². The number of aryl methyl sites for hydroxylation is 3. The Morgan fingerprint density at radius 2 is 1.67 bits per heavy atom. The Morgan fingerprint density at radius 1 is 0.926 bits per heavy atom. The van der Waals surface area contributed by atoms with Gasteiger partial charge in [0.1, 0.15) is 0 Å². The Morgan fingerprint density at radius 3 is 2.30 bits per heavy atom. The Balaban J connectivity index is 1.87. The van der Waals surface area contributed by atoms with E-state index in [0.717, 1.165) is 22.4 Å². The number of carbonyl (C=O) groups excluding carboxylic acids is 2. The largest absolute Gasteiger partial charge is 0.459 e. The van der Waals surface area contributed by atoms with Crippen LogP contribution < -0.4 is 10.6 Å². The van der Waals surface area contributed by atoms with E-state index < -0.39 is 12.1 Å². The van der Waals surface area contributed by atoms with Gasteiger partial charge in [0.25, 0.3) is 5.91 Å². The van der Waals surface area contributed by atoms with E-state index >= 15 is 0 Å². The quantitative estimate of drug-likeness (QED) is 0.508. The molecule has 0 spiro atoms. The van der Waals surface area contributed by atoms with Gasteiger partial charge in [0, 0.05) is 11.3 Å². The third kappa shape index (κ3) is 4.44. The predicted octanol–water partition coefficient (Wildman–Crippen LogP) is 4.26. The lowest BCUT2D eigenvalue weighted by Crippen LogP contribution is -2.46. The van der Waals surface area contributed by atoms with Crippen molar-refractivity contribution in [2.24, 2.45) is 0 Å². The molecule has 3 rings (SSSR count). The Hall–Kier alpha value is -3.34. The summed E-state index contributed by atoms with van der Waals surface area (Å²) in [5.74, 6) is -0.534. The summed E-state index contributed by atoms with van der Waals surface area (Å²) >= 11 is 0. The van der Waals surface area contributed by atoms with Gasteiger partial charge in [0.2, 0.25) is 5.78 Å². The molecule has 5 nitrogen and oxygen atoms in total. The molecule has 0 saturated heterocycles. The van der Waals surface area contributed by atoms with Gasteiger partial charge < -0.3 is 15.1 Å². The average molecular weight is 362 g/mol. The number of carbonyl (C=O) groups is 2. The number of ketones is 1. The first-order valence-electron chi connectivity index (χ1n) is 8.73. The van der Waals surface area contributed by atoms with Crippen LogP contribution in [-0.4, -0.2) is 17.9 Å². The van der Waals surface area contributed by atoms with Crippen molar-refractivity contribution in [3.63, 3.8) is 0 Å². The summed E-state index contributed by atoms with van der Waals surface area (Å²) in [5.41, 5.74) is 4.58. The Labute approximate surface area is 158 Å². The number of benzene rings is 2. The van der Waals surface area contributed by atoms with Gasteiger partial charge in [-0.2, -0.15) is 0 Å². The van der Waals surface area contributed by atoms with Crippen molar-refractivity contribution in [1.82, 2.24) is 5.32 Å². The molecule has 0 bridgehead atoms. The fourth-order valence-electron chi connectivity index (χ4n) is 2.66. The zero-order valence-electron chi connectivity index (χ0n) is 15.6. The lowest BCUT2D eigenvalue weighted by Gasteiger charge is -2.20. The first kappa shape index (κ1) is 18.5. The van der Waals surface area contributed by atoms with Crippen molar-refractivity contribution >= 4 is 17.4 Å². The minimum Gasteiger partial charge on any atom is -0.459 e. The molecular formula is C22H22N2O3. The molecule has 0 radical (unpaired) electrons. The van der Waals surface area contributed by atoms with Crippen molar-refractivity contribution in [2.45, 2.75) is 26.9 Å². The van der Waals surface area contributed by atoms with Crippen LogP contribution in [0.1, 0.15) is 37.6 Å². The fourth-order valence-corrected chi connectivity index (χ4v) is 2.66. The highest BCUT2D eigenvalue weighted by atomic mass is 16.3. The van der Waals surface area contributed by atoms with E-state index in [2.05, 4.69) is 10.6 Å². The highest BCUT2D eigenvalue weighted by Crippen LogP contribution is 2.16. The second-order valence-corrected chi connectivity index (χ2v) is 6.56. The van der Waals surface area contributed by atoms with Crippen LogP contribution in [0.2, 0.25) is 0 Å². The average Bonchev–Trinajstić information content (AvgIpc) is 3.19. The summed E-state index contributed by atoms with van der Waals surface area (Å²) in [5, 5.41) is 5.85. The van der Waals surface area contributed by atoms with Gasteiger partial charge in [0.05, 0.1) is 6.26 Å². The van der Waals surface area contributed by atoms with E-state index in [1.807, 2.05) is 51.1 Å². The van der Waals surface area contributed by atoms with Gasteiger partial charge in [-0.05, 0) is 56.2 Å². The van der Waals surface area contributed by atoms with E-state index in [1.165, 1.54) is 6.26 Å². The van der Waals surface area contributed by atoms with Crippen LogP contribution in [0.15, 0.2) is 65.3 Å². The standard InChI is InChI=1S/C22H22N2O3/c1-14-6-9-17(10-7-14)20(25)21(24-22(26)19-5-4-12-27-19)23-18-11-8-15(2)16(3)13-18/h4-13,21,23H,1-3H3,(H,24,26)/t21-/m0/s1. The summed E-state index contributed by atoms with van der Waals surface area (Å²) in [6.07, 6.45) is 0.495. The van der Waals surface area contributed by atoms with Crippen LogP contribution in [-0.2, 0) is 0 Å². The van der Waals surface area contributed by atoms with Gasteiger partial charge in [-0.3, -0.25) is 9.59 Å². The Bertz CT molecular complexity index is 944. The molecule has 1 aromatic heterocycles. The number of anilines is 1. The monoisotopic (exact) mass is 362 g/mol. The van der Waals surface area contributed by atoms with E-state index in [0.29, 0.717) is 5.56 Å². The molecular weight excluding hydrogens is 340 g/mol. The van der Waals surface area contributed by atoms with Gasteiger partial charge in [-0.25, -0.2) is 0 Å². The maximum Gasteiger partial charge on any atom is 0.288 e. The number of hydrogen-bond donors (Lipinski definition) is 2. The molecule has 0 aliphatic rings. The number of furan rings is 1. The summed E-state index contributed by atoms with van der Waals surface area (Å²) in [7, 11) is 0.